The van der Waals surface area contributed by atoms with Crippen LogP contribution in [0.3, 0.4) is 0 Å². The molecule has 0 aromatic carbocycles. The van der Waals surface area contributed by atoms with Gasteiger partial charge < -0.3 is 14.9 Å². The van der Waals surface area contributed by atoms with Gasteiger partial charge >= 0.3 is 0 Å². The van der Waals surface area contributed by atoms with Gasteiger partial charge in [-0.25, -0.2) is 4.98 Å². The Bertz CT molecular complexity index is 506. The first-order valence-electron chi connectivity index (χ1n) is 5.61. The molecule has 2 aromatic heterocycles. The smallest absolute Gasteiger partial charge is 0.219 e. The minimum absolute atomic E-state index is 0.355. The maximum atomic E-state index is 5.72. The van der Waals surface area contributed by atoms with Crippen molar-refractivity contribution < 1.29 is 9.15 Å². The van der Waals surface area contributed by atoms with E-state index in [2.05, 4.69) is 9.97 Å². The Morgan fingerprint density at radius 2 is 2.29 bits per heavy atom. The minimum atomic E-state index is 0.355. The first-order chi connectivity index (χ1) is 8.31. The molecule has 0 amide bonds. The van der Waals surface area contributed by atoms with Crippen LogP contribution in [0.15, 0.2) is 28.9 Å². The lowest BCUT2D eigenvalue weighted by atomic mass is 10.4. The maximum Gasteiger partial charge on any atom is 0.219 e. The van der Waals surface area contributed by atoms with Gasteiger partial charge in [-0.3, -0.25) is 0 Å². The summed E-state index contributed by atoms with van der Waals surface area (Å²) in [5.41, 5.74) is 5.72. The molecule has 1 aliphatic carbocycles. The number of hydrogen-bond acceptors (Lipinski definition) is 5. The van der Waals surface area contributed by atoms with Gasteiger partial charge in [0.1, 0.15) is 24.0 Å². The van der Waals surface area contributed by atoms with Crippen LogP contribution < -0.4 is 10.5 Å². The SMILES string of the molecule is Nc1cc(OCc2ccco2)nc(C2CC2)n1. The predicted molar refractivity (Wildman–Crippen MR) is 61.5 cm³/mol. The van der Waals surface area contributed by atoms with E-state index in [1.54, 1.807) is 12.3 Å². The summed E-state index contributed by atoms with van der Waals surface area (Å²) >= 11 is 0. The van der Waals surface area contributed by atoms with Gasteiger partial charge in [-0.2, -0.15) is 4.98 Å². The second-order valence-electron chi connectivity index (χ2n) is 4.13. The highest BCUT2D eigenvalue weighted by Crippen LogP contribution is 2.38. The zero-order valence-electron chi connectivity index (χ0n) is 9.30. The number of nitrogen functional groups attached to an aromatic ring is 1. The van der Waals surface area contributed by atoms with E-state index in [-0.39, 0.29) is 0 Å². The summed E-state index contributed by atoms with van der Waals surface area (Å²) in [6.45, 7) is 0.355. The molecule has 0 spiro atoms. The number of furan rings is 1. The molecule has 1 saturated carbocycles. The molecule has 0 bridgehead atoms. The van der Waals surface area contributed by atoms with E-state index in [0.29, 0.717) is 24.2 Å². The Balaban J connectivity index is 1.73. The number of anilines is 1. The lowest BCUT2D eigenvalue weighted by Gasteiger charge is -2.06. The summed E-state index contributed by atoms with van der Waals surface area (Å²) in [7, 11) is 0. The van der Waals surface area contributed by atoms with Crippen molar-refractivity contribution in [3.05, 3.63) is 36.0 Å². The molecular weight excluding hydrogens is 218 g/mol. The summed E-state index contributed by atoms with van der Waals surface area (Å²) in [6.07, 6.45) is 3.89. The van der Waals surface area contributed by atoms with E-state index in [1.807, 2.05) is 12.1 Å². The average Bonchev–Trinajstić information content (AvgIpc) is 3.04. The van der Waals surface area contributed by atoms with Crippen LogP contribution in [0.2, 0.25) is 0 Å². The third kappa shape index (κ3) is 2.38. The molecule has 17 heavy (non-hydrogen) atoms. The Hall–Kier alpha value is -2.04. The molecular formula is C12H13N3O2. The third-order valence-electron chi connectivity index (χ3n) is 2.62. The number of hydrogen-bond donors (Lipinski definition) is 1. The van der Waals surface area contributed by atoms with Gasteiger partial charge in [0.2, 0.25) is 5.88 Å². The van der Waals surface area contributed by atoms with Gasteiger partial charge in [0, 0.05) is 12.0 Å². The van der Waals surface area contributed by atoms with Gasteiger partial charge in [-0.1, -0.05) is 0 Å². The van der Waals surface area contributed by atoms with Crippen molar-refractivity contribution in [2.45, 2.75) is 25.4 Å². The summed E-state index contributed by atoms with van der Waals surface area (Å²) < 4.78 is 10.7. The van der Waals surface area contributed by atoms with Crippen LogP contribution in [0.1, 0.15) is 30.3 Å². The Kier molecular flexibility index (Phi) is 2.44. The molecule has 3 rings (SSSR count). The second-order valence-corrected chi connectivity index (χ2v) is 4.13. The van der Waals surface area contributed by atoms with E-state index >= 15 is 0 Å². The number of nitrogens with two attached hydrogens (primary N) is 1. The first kappa shape index (κ1) is 10.1. The number of ether oxygens (including phenoxy) is 1. The predicted octanol–water partition coefficient (Wildman–Crippen LogP) is 2.11. The molecule has 2 aromatic rings. The molecule has 0 unspecified atom stereocenters. The molecule has 2 N–H and O–H groups in total. The number of aromatic nitrogens is 2. The van der Waals surface area contributed by atoms with E-state index in [0.717, 1.165) is 24.4 Å². The minimum Gasteiger partial charge on any atom is -0.469 e. The van der Waals surface area contributed by atoms with Crippen molar-refractivity contribution in [1.29, 1.82) is 0 Å². The van der Waals surface area contributed by atoms with Crippen LogP contribution in [0, 0.1) is 0 Å². The van der Waals surface area contributed by atoms with Gasteiger partial charge in [0.15, 0.2) is 0 Å². The van der Waals surface area contributed by atoms with Gasteiger partial charge in [-0.15, -0.1) is 0 Å². The summed E-state index contributed by atoms with van der Waals surface area (Å²) in [6, 6.07) is 5.31. The fourth-order valence-electron chi connectivity index (χ4n) is 1.60. The van der Waals surface area contributed by atoms with Crippen LogP contribution in [0.4, 0.5) is 5.82 Å². The van der Waals surface area contributed by atoms with Crippen LogP contribution in [-0.2, 0) is 6.61 Å². The topological polar surface area (TPSA) is 74.2 Å². The molecule has 0 atom stereocenters. The molecule has 1 aliphatic rings. The van der Waals surface area contributed by atoms with Crippen LogP contribution in [0.5, 0.6) is 5.88 Å². The molecule has 88 valence electrons. The van der Waals surface area contributed by atoms with E-state index < -0.39 is 0 Å². The number of rotatable bonds is 4. The maximum absolute atomic E-state index is 5.72. The largest absolute Gasteiger partial charge is 0.469 e. The van der Waals surface area contributed by atoms with Gasteiger partial charge in [0.25, 0.3) is 0 Å². The summed E-state index contributed by atoms with van der Waals surface area (Å²) in [5.74, 6) is 2.98. The van der Waals surface area contributed by atoms with E-state index in [9.17, 15) is 0 Å². The van der Waals surface area contributed by atoms with Crippen LogP contribution in [-0.4, -0.2) is 9.97 Å². The Morgan fingerprint density at radius 3 is 3.00 bits per heavy atom. The van der Waals surface area contributed by atoms with E-state index in [1.165, 1.54) is 0 Å². The molecule has 0 radical (unpaired) electrons. The van der Waals surface area contributed by atoms with Crippen LogP contribution >= 0.6 is 0 Å². The molecule has 2 heterocycles. The monoisotopic (exact) mass is 231 g/mol. The first-order valence-corrected chi connectivity index (χ1v) is 5.61. The third-order valence-corrected chi connectivity index (χ3v) is 2.62. The molecule has 5 nitrogen and oxygen atoms in total. The highest BCUT2D eigenvalue weighted by Gasteiger charge is 2.27. The summed E-state index contributed by atoms with van der Waals surface area (Å²) in [5, 5.41) is 0. The fourth-order valence-corrected chi connectivity index (χ4v) is 1.60. The second kappa shape index (κ2) is 4.08. The Labute approximate surface area is 98.6 Å². The standard InChI is InChI=1S/C12H13N3O2/c13-10-6-11(15-12(14-10)8-3-4-8)17-7-9-2-1-5-16-9/h1-2,5-6,8H,3-4,7H2,(H2,13,14,15). The molecule has 5 heteroatoms. The van der Waals surface area contributed by atoms with Gasteiger partial charge in [0.05, 0.1) is 6.26 Å². The van der Waals surface area contributed by atoms with Crippen LogP contribution in [0.25, 0.3) is 0 Å². The molecule has 0 saturated heterocycles. The lowest BCUT2D eigenvalue weighted by molar-refractivity contribution is 0.259. The highest BCUT2D eigenvalue weighted by atomic mass is 16.5. The Morgan fingerprint density at radius 1 is 1.41 bits per heavy atom. The van der Waals surface area contributed by atoms with E-state index in [4.69, 9.17) is 14.9 Å². The zero-order chi connectivity index (χ0) is 11.7. The van der Waals surface area contributed by atoms with Crippen molar-refractivity contribution in [2.75, 3.05) is 5.73 Å². The molecule has 1 fully saturated rings. The quantitative estimate of drug-likeness (QED) is 0.872. The number of nitrogens with zero attached hydrogens (tertiary/aromatic N) is 2. The van der Waals surface area contributed by atoms with Gasteiger partial charge in [-0.05, 0) is 25.0 Å². The van der Waals surface area contributed by atoms with Crippen molar-refractivity contribution >= 4 is 5.82 Å². The summed E-state index contributed by atoms with van der Waals surface area (Å²) in [4.78, 5) is 8.54. The van der Waals surface area contributed by atoms with Crippen molar-refractivity contribution in [1.82, 2.24) is 9.97 Å². The highest BCUT2D eigenvalue weighted by molar-refractivity contribution is 5.34. The van der Waals surface area contributed by atoms with Crippen molar-refractivity contribution in [3.8, 4) is 5.88 Å². The lowest BCUT2D eigenvalue weighted by Crippen LogP contribution is -2.02. The molecule has 0 aliphatic heterocycles. The zero-order valence-corrected chi connectivity index (χ0v) is 9.30. The van der Waals surface area contributed by atoms with Crippen molar-refractivity contribution in [2.24, 2.45) is 0 Å². The van der Waals surface area contributed by atoms with Crippen molar-refractivity contribution in [3.63, 3.8) is 0 Å². The fraction of sp³-hybridized carbons (Fsp3) is 0.333. The average molecular weight is 231 g/mol. The normalized spacial score (nSPS) is 14.8.